The maximum atomic E-state index is 13.1. The molecule has 1 amide bonds. The number of nitrogens with two attached hydrogens (primary N) is 1. The highest BCUT2D eigenvalue weighted by atomic mass is 32.2. The summed E-state index contributed by atoms with van der Waals surface area (Å²) in [6, 6.07) is 8.81. The minimum Gasteiger partial charge on any atom is -0.445 e. The maximum Gasteiger partial charge on any atom is 0.410 e. The Morgan fingerprint density at radius 1 is 1.10 bits per heavy atom. The summed E-state index contributed by atoms with van der Waals surface area (Å²) in [6.45, 7) is 5.10. The smallest absolute Gasteiger partial charge is 0.410 e. The van der Waals surface area contributed by atoms with Crippen molar-refractivity contribution in [2.75, 3.05) is 26.2 Å². The molecular formula is C22H31N3O5S. The lowest BCUT2D eigenvalue weighted by Crippen LogP contribution is -2.50. The largest absolute Gasteiger partial charge is 0.445 e. The van der Waals surface area contributed by atoms with Crippen LogP contribution >= 0.6 is 0 Å². The summed E-state index contributed by atoms with van der Waals surface area (Å²) in [5.41, 5.74) is 6.88. The Hall–Kier alpha value is -2.23. The first-order valence-electron chi connectivity index (χ1n) is 10.7. The first-order chi connectivity index (χ1) is 14.8. The topological polar surface area (TPSA) is 110 Å². The van der Waals surface area contributed by atoms with Crippen molar-refractivity contribution in [3.63, 3.8) is 0 Å². The number of amides is 1. The molecule has 0 saturated carbocycles. The van der Waals surface area contributed by atoms with Crippen LogP contribution in [-0.2, 0) is 26.2 Å². The van der Waals surface area contributed by atoms with E-state index in [0.29, 0.717) is 51.9 Å². The van der Waals surface area contributed by atoms with Gasteiger partial charge in [0.2, 0.25) is 10.0 Å². The van der Waals surface area contributed by atoms with Gasteiger partial charge in [-0.3, -0.25) is 4.79 Å². The van der Waals surface area contributed by atoms with Crippen LogP contribution < -0.4 is 5.73 Å². The van der Waals surface area contributed by atoms with Crippen LogP contribution in [-0.4, -0.2) is 67.0 Å². The summed E-state index contributed by atoms with van der Waals surface area (Å²) in [6.07, 6.45) is 2.71. The Labute approximate surface area is 184 Å². The third kappa shape index (κ3) is 5.72. The quantitative estimate of drug-likeness (QED) is 0.637. The van der Waals surface area contributed by atoms with Crippen LogP contribution in [0.5, 0.6) is 0 Å². The normalized spacial score (nSPS) is 20.2. The fourth-order valence-electron chi connectivity index (χ4n) is 4.22. The molecule has 9 heteroatoms. The van der Waals surface area contributed by atoms with Gasteiger partial charge in [0.05, 0.1) is 11.3 Å². The van der Waals surface area contributed by atoms with Crippen molar-refractivity contribution in [3.05, 3.63) is 48.6 Å². The molecule has 1 aromatic carbocycles. The molecule has 2 saturated heterocycles. The van der Waals surface area contributed by atoms with Gasteiger partial charge in [0, 0.05) is 26.2 Å². The number of ketones is 1. The summed E-state index contributed by atoms with van der Waals surface area (Å²) < 4.78 is 33.0. The summed E-state index contributed by atoms with van der Waals surface area (Å²) in [5.74, 6) is -0.231. The van der Waals surface area contributed by atoms with Crippen LogP contribution in [0.3, 0.4) is 0 Å². The number of likely N-dealkylation sites (tertiary alicyclic amines) is 1. The molecule has 170 valence electrons. The second-order valence-electron chi connectivity index (χ2n) is 8.14. The molecule has 0 aliphatic carbocycles. The van der Waals surface area contributed by atoms with Crippen molar-refractivity contribution in [1.82, 2.24) is 9.21 Å². The van der Waals surface area contributed by atoms with Gasteiger partial charge in [0.1, 0.15) is 6.61 Å². The minimum atomic E-state index is -3.46. The molecule has 3 rings (SSSR count). The van der Waals surface area contributed by atoms with Crippen molar-refractivity contribution in [1.29, 1.82) is 0 Å². The zero-order valence-corrected chi connectivity index (χ0v) is 18.5. The Bertz CT molecular complexity index is 874. The van der Waals surface area contributed by atoms with Gasteiger partial charge >= 0.3 is 6.09 Å². The molecule has 2 fully saturated rings. The molecule has 1 unspecified atom stereocenters. The zero-order valence-electron chi connectivity index (χ0n) is 17.7. The Morgan fingerprint density at radius 3 is 2.29 bits per heavy atom. The molecule has 2 aliphatic heterocycles. The lowest BCUT2D eigenvalue weighted by molar-refractivity contribution is -0.117. The van der Waals surface area contributed by atoms with E-state index >= 15 is 0 Å². The number of carbonyl (C=O) groups excluding carboxylic acids is 2. The maximum absolute atomic E-state index is 13.1. The van der Waals surface area contributed by atoms with Gasteiger partial charge in [-0.1, -0.05) is 36.9 Å². The monoisotopic (exact) mass is 449 g/mol. The van der Waals surface area contributed by atoms with E-state index in [1.807, 2.05) is 30.3 Å². The number of benzene rings is 1. The SMILES string of the molecule is C=CC(=O)C(N)C1CCN(S(=O)(=O)C2CCN(C(=O)OCc3ccccc3)CC2)CC1. The Morgan fingerprint density at radius 2 is 1.71 bits per heavy atom. The average Bonchev–Trinajstić information content (AvgIpc) is 2.82. The number of hydrogen-bond acceptors (Lipinski definition) is 6. The first-order valence-corrected chi connectivity index (χ1v) is 12.2. The van der Waals surface area contributed by atoms with E-state index in [-0.39, 0.29) is 18.3 Å². The number of sulfonamides is 1. The van der Waals surface area contributed by atoms with Crippen LogP contribution in [0.4, 0.5) is 4.79 Å². The first kappa shape index (κ1) is 23.4. The molecule has 0 bridgehead atoms. The minimum absolute atomic E-state index is 0.0295. The number of nitrogens with zero attached hydrogens (tertiary/aromatic N) is 2. The highest BCUT2D eigenvalue weighted by Crippen LogP contribution is 2.27. The van der Waals surface area contributed by atoms with Gasteiger partial charge in [0.15, 0.2) is 5.78 Å². The average molecular weight is 450 g/mol. The number of hydrogen-bond donors (Lipinski definition) is 1. The third-order valence-electron chi connectivity index (χ3n) is 6.22. The van der Waals surface area contributed by atoms with Gasteiger partial charge < -0.3 is 15.4 Å². The van der Waals surface area contributed by atoms with Crippen LogP contribution in [0.15, 0.2) is 43.0 Å². The standard InChI is InChI=1S/C22H31N3O5S/c1-2-20(26)21(23)18-8-14-25(15-9-18)31(28,29)19-10-12-24(13-11-19)22(27)30-16-17-6-4-3-5-7-17/h2-7,18-19,21H,1,8-16,23H2. The van der Waals surface area contributed by atoms with Gasteiger partial charge in [0.25, 0.3) is 0 Å². The molecule has 0 spiro atoms. The molecule has 8 nitrogen and oxygen atoms in total. The Kier molecular flexibility index (Phi) is 7.85. The van der Waals surface area contributed by atoms with Crippen LogP contribution in [0, 0.1) is 5.92 Å². The summed E-state index contributed by atoms with van der Waals surface area (Å²) >= 11 is 0. The fourth-order valence-corrected chi connectivity index (χ4v) is 6.16. The van der Waals surface area contributed by atoms with E-state index in [2.05, 4.69) is 6.58 Å². The molecule has 2 aliphatic rings. The Balaban J connectivity index is 1.47. The van der Waals surface area contributed by atoms with E-state index in [1.165, 1.54) is 10.4 Å². The summed E-state index contributed by atoms with van der Waals surface area (Å²) in [4.78, 5) is 25.6. The number of piperidine rings is 2. The lowest BCUT2D eigenvalue weighted by Gasteiger charge is -2.37. The second kappa shape index (κ2) is 10.4. The van der Waals surface area contributed by atoms with E-state index in [4.69, 9.17) is 10.5 Å². The zero-order chi connectivity index (χ0) is 22.4. The molecule has 1 aromatic rings. The molecule has 0 aromatic heterocycles. The van der Waals surface area contributed by atoms with Crippen LogP contribution in [0.1, 0.15) is 31.2 Å². The van der Waals surface area contributed by atoms with Gasteiger partial charge in [-0.25, -0.2) is 17.5 Å². The number of carbonyl (C=O) groups is 2. The third-order valence-corrected chi connectivity index (χ3v) is 8.62. The molecule has 1 atom stereocenters. The van der Waals surface area contributed by atoms with Gasteiger partial charge in [-0.15, -0.1) is 0 Å². The predicted molar refractivity (Wildman–Crippen MR) is 118 cm³/mol. The molecule has 31 heavy (non-hydrogen) atoms. The fraction of sp³-hybridized carbons (Fsp3) is 0.545. The van der Waals surface area contributed by atoms with Crippen molar-refractivity contribution < 1.29 is 22.7 Å². The van der Waals surface area contributed by atoms with Crippen LogP contribution in [0.2, 0.25) is 0 Å². The summed E-state index contributed by atoms with van der Waals surface area (Å²) in [5, 5.41) is -0.509. The highest BCUT2D eigenvalue weighted by Gasteiger charge is 2.38. The van der Waals surface area contributed by atoms with E-state index < -0.39 is 27.4 Å². The van der Waals surface area contributed by atoms with Gasteiger partial charge in [-0.2, -0.15) is 0 Å². The van der Waals surface area contributed by atoms with E-state index in [1.54, 1.807) is 4.90 Å². The molecule has 2 heterocycles. The van der Waals surface area contributed by atoms with E-state index in [0.717, 1.165) is 5.56 Å². The van der Waals surface area contributed by atoms with Gasteiger partial charge in [-0.05, 0) is 43.2 Å². The number of ether oxygens (including phenoxy) is 1. The summed E-state index contributed by atoms with van der Waals surface area (Å²) in [7, 11) is -3.46. The molecule has 2 N–H and O–H groups in total. The van der Waals surface area contributed by atoms with Crippen LogP contribution in [0.25, 0.3) is 0 Å². The molecular weight excluding hydrogens is 418 g/mol. The van der Waals surface area contributed by atoms with Crippen molar-refractivity contribution in [2.45, 2.75) is 43.6 Å². The second-order valence-corrected chi connectivity index (χ2v) is 10.4. The van der Waals surface area contributed by atoms with E-state index in [9.17, 15) is 18.0 Å². The molecule has 0 radical (unpaired) electrons. The predicted octanol–water partition coefficient (Wildman–Crippen LogP) is 1.91. The van der Waals surface area contributed by atoms with Crippen molar-refractivity contribution in [3.8, 4) is 0 Å². The lowest BCUT2D eigenvalue weighted by atomic mass is 9.88. The van der Waals surface area contributed by atoms with Crippen molar-refractivity contribution in [2.24, 2.45) is 11.7 Å². The number of rotatable bonds is 7. The van der Waals surface area contributed by atoms with Crippen molar-refractivity contribution >= 4 is 21.9 Å². The highest BCUT2D eigenvalue weighted by molar-refractivity contribution is 7.89.